The van der Waals surface area contributed by atoms with Crippen LogP contribution in [0.1, 0.15) is 16.8 Å². The summed E-state index contributed by atoms with van der Waals surface area (Å²) in [4.78, 5) is 11.4. The molecule has 0 fully saturated rings. The van der Waals surface area contributed by atoms with Crippen molar-refractivity contribution in [3.8, 4) is 11.5 Å². The van der Waals surface area contributed by atoms with Gasteiger partial charge in [0.1, 0.15) is 0 Å². The minimum atomic E-state index is 0.0469. The van der Waals surface area contributed by atoms with Crippen LogP contribution in [-0.2, 0) is 0 Å². The third-order valence-electron chi connectivity index (χ3n) is 2.19. The van der Waals surface area contributed by atoms with Gasteiger partial charge in [-0.1, -0.05) is 15.9 Å². The molecule has 0 amide bonds. The molecule has 15 heavy (non-hydrogen) atoms. The molecule has 0 saturated carbocycles. The van der Waals surface area contributed by atoms with Gasteiger partial charge in [0, 0.05) is 12.0 Å². The maximum Gasteiger partial charge on any atom is 0.173 e. The monoisotopic (exact) mass is 270 g/mol. The summed E-state index contributed by atoms with van der Waals surface area (Å²) in [5, 5.41) is 0.326. The number of carbonyl (C=O) groups excluding carboxylic acids is 1. The van der Waals surface area contributed by atoms with E-state index >= 15 is 0 Å². The Balaban J connectivity index is 2.31. The van der Waals surface area contributed by atoms with Gasteiger partial charge in [0.2, 0.25) is 0 Å². The van der Waals surface area contributed by atoms with Gasteiger partial charge in [-0.15, -0.1) is 0 Å². The molecule has 1 heterocycles. The lowest BCUT2D eigenvalue weighted by Crippen LogP contribution is -2.01. The largest absolute Gasteiger partial charge is 0.490 e. The number of hydrogen-bond donors (Lipinski definition) is 0. The Hall–Kier alpha value is -1.03. The second-order valence-electron chi connectivity index (χ2n) is 3.27. The van der Waals surface area contributed by atoms with Crippen molar-refractivity contribution >= 4 is 21.7 Å². The summed E-state index contributed by atoms with van der Waals surface area (Å²) in [6.45, 7) is 1.30. The summed E-state index contributed by atoms with van der Waals surface area (Å²) in [6, 6.07) is 5.29. The van der Waals surface area contributed by atoms with Gasteiger partial charge in [-0.3, -0.25) is 4.79 Å². The van der Waals surface area contributed by atoms with Gasteiger partial charge in [-0.05, 0) is 18.2 Å². The van der Waals surface area contributed by atoms with Crippen LogP contribution in [0.15, 0.2) is 18.2 Å². The summed E-state index contributed by atoms with van der Waals surface area (Å²) >= 11 is 3.14. The summed E-state index contributed by atoms with van der Waals surface area (Å²) in [5.74, 6) is 1.43. The molecule has 0 N–H and O–H groups in total. The molecule has 1 aromatic carbocycles. The zero-order chi connectivity index (χ0) is 10.7. The van der Waals surface area contributed by atoms with Crippen LogP contribution in [-0.4, -0.2) is 24.3 Å². The second-order valence-corrected chi connectivity index (χ2v) is 3.83. The van der Waals surface area contributed by atoms with Crippen molar-refractivity contribution in [2.45, 2.75) is 6.42 Å². The van der Waals surface area contributed by atoms with Gasteiger partial charge >= 0.3 is 0 Å². The predicted octanol–water partition coefficient (Wildman–Crippen LogP) is 2.43. The van der Waals surface area contributed by atoms with Crippen molar-refractivity contribution in [2.75, 3.05) is 18.5 Å². The lowest BCUT2D eigenvalue weighted by atomic mass is 10.1. The highest BCUT2D eigenvalue weighted by Crippen LogP contribution is 2.30. The van der Waals surface area contributed by atoms with Crippen molar-refractivity contribution in [1.29, 1.82) is 0 Å². The smallest absolute Gasteiger partial charge is 0.173 e. The first kappa shape index (κ1) is 10.5. The number of ketones is 1. The van der Waals surface area contributed by atoms with Crippen LogP contribution in [0, 0.1) is 0 Å². The first-order valence-electron chi connectivity index (χ1n) is 4.80. The van der Waals surface area contributed by atoms with E-state index in [0.717, 1.165) is 12.2 Å². The number of rotatable bonds is 2. The van der Waals surface area contributed by atoms with E-state index < -0.39 is 0 Å². The minimum absolute atomic E-state index is 0.0469. The number of Topliss-reactive ketones (excluding diaryl/α,β-unsaturated/α-hetero) is 1. The van der Waals surface area contributed by atoms with Crippen molar-refractivity contribution in [3.63, 3.8) is 0 Å². The molecule has 0 saturated heterocycles. The molecule has 4 heteroatoms. The van der Waals surface area contributed by atoms with Crippen molar-refractivity contribution < 1.29 is 14.3 Å². The van der Waals surface area contributed by atoms with Crippen LogP contribution in [0.25, 0.3) is 0 Å². The summed E-state index contributed by atoms with van der Waals surface area (Å²) < 4.78 is 11.0. The van der Waals surface area contributed by atoms with E-state index in [4.69, 9.17) is 9.47 Å². The molecular weight excluding hydrogens is 260 g/mol. The fourth-order valence-corrected chi connectivity index (χ4v) is 1.74. The Labute approximate surface area is 96.5 Å². The van der Waals surface area contributed by atoms with Crippen molar-refractivity contribution in [2.24, 2.45) is 0 Å². The number of benzene rings is 1. The second kappa shape index (κ2) is 4.66. The maximum absolute atomic E-state index is 11.4. The van der Waals surface area contributed by atoms with E-state index in [-0.39, 0.29) is 5.78 Å². The molecule has 3 nitrogen and oxygen atoms in total. The molecule has 1 aliphatic heterocycles. The van der Waals surface area contributed by atoms with Crippen molar-refractivity contribution in [1.82, 2.24) is 0 Å². The zero-order valence-corrected chi connectivity index (χ0v) is 9.75. The summed E-state index contributed by atoms with van der Waals surface area (Å²) in [5.41, 5.74) is 0.649. The number of hydrogen-bond acceptors (Lipinski definition) is 3. The van der Waals surface area contributed by atoms with Crippen LogP contribution in [0.3, 0.4) is 0 Å². The van der Waals surface area contributed by atoms with E-state index in [0.29, 0.717) is 29.9 Å². The molecule has 0 aromatic heterocycles. The van der Waals surface area contributed by atoms with Gasteiger partial charge in [0.05, 0.1) is 18.5 Å². The Kier molecular flexibility index (Phi) is 3.26. The fourth-order valence-electron chi connectivity index (χ4n) is 1.41. The molecule has 0 aliphatic carbocycles. The SMILES string of the molecule is O=C(CBr)c1ccc2c(c1)OCCCO2. The first-order chi connectivity index (χ1) is 7.31. The zero-order valence-electron chi connectivity index (χ0n) is 8.16. The van der Waals surface area contributed by atoms with Crippen LogP contribution in [0.5, 0.6) is 11.5 Å². The van der Waals surface area contributed by atoms with Crippen LogP contribution in [0.4, 0.5) is 0 Å². The van der Waals surface area contributed by atoms with E-state index in [1.165, 1.54) is 0 Å². The average Bonchev–Trinajstić information content (AvgIpc) is 2.51. The maximum atomic E-state index is 11.4. The first-order valence-corrected chi connectivity index (χ1v) is 5.92. The molecule has 0 unspecified atom stereocenters. The Morgan fingerprint density at radius 1 is 1.27 bits per heavy atom. The molecular formula is C11H11BrO3. The van der Waals surface area contributed by atoms with E-state index in [1.54, 1.807) is 18.2 Å². The Morgan fingerprint density at radius 3 is 2.73 bits per heavy atom. The molecule has 0 radical (unpaired) electrons. The van der Waals surface area contributed by atoms with Gasteiger partial charge in [-0.25, -0.2) is 0 Å². The minimum Gasteiger partial charge on any atom is -0.490 e. The van der Waals surface area contributed by atoms with E-state index in [1.807, 2.05) is 0 Å². The third-order valence-corrected chi connectivity index (χ3v) is 2.70. The van der Waals surface area contributed by atoms with Crippen LogP contribution >= 0.6 is 15.9 Å². The molecule has 0 spiro atoms. The average molecular weight is 271 g/mol. The van der Waals surface area contributed by atoms with Gasteiger partial charge < -0.3 is 9.47 Å². The lowest BCUT2D eigenvalue weighted by molar-refractivity contribution is 0.102. The standard InChI is InChI=1S/C11H11BrO3/c12-7-9(13)8-2-3-10-11(6-8)15-5-1-4-14-10/h2-3,6H,1,4-5,7H2. The summed E-state index contributed by atoms with van der Waals surface area (Å²) in [7, 11) is 0. The van der Waals surface area contributed by atoms with Crippen LogP contribution < -0.4 is 9.47 Å². The number of halogens is 1. The highest BCUT2D eigenvalue weighted by molar-refractivity contribution is 9.09. The fraction of sp³-hybridized carbons (Fsp3) is 0.364. The molecule has 80 valence electrons. The van der Waals surface area contributed by atoms with Gasteiger partial charge in [-0.2, -0.15) is 0 Å². The highest BCUT2D eigenvalue weighted by atomic mass is 79.9. The topological polar surface area (TPSA) is 35.5 Å². The number of alkyl halides is 1. The highest BCUT2D eigenvalue weighted by Gasteiger charge is 2.13. The lowest BCUT2D eigenvalue weighted by Gasteiger charge is -2.07. The van der Waals surface area contributed by atoms with Crippen LogP contribution in [0.2, 0.25) is 0 Å². The molecule has 2 rings (SSSR count). The number of fused-ring (bicyclic) bond motifs is 1. The Bertz CT molecular complexity index is 376. The Morgan fingerprint density at radius 2 is 2.00 bits per heavy atom. The van der Waals surface area contributed by atoms with Gasteiger partial charge in [0.25, 0.3) is 0 Å². The normalized spacial score (nSPS) is 14.5. The van der Waals surface area contributed by atoms with E-state index in [2.05, 4.69) is 15.9 Å². The molecule has 1 aliphatic rings. The van der Waals surface area contributed by atoms with E-state index in [9.17, 15) is 4.79 Å². The van der Waals surface area contributed by atoms with Crippen molar-refractivity contribution in [3.05, 3.63) is 23.8 Å². The predicted molar refractivity (Wildman–Crippen MR) is 60.2 cm³/mol. The molecule has 0 bridgehead atoms. The molecule has 0 atom stereocenters. The third kappa shape index (κ3) is 2.31. The molecule has 1 aromatic rings. The quantitative estimate of drug-likeness (QED) is 0.612. The summed E-state index contributed by atoms with van der Waals surface area (Å²) in [6.07, 6.45) is 0.871. The number of carbonyl (C=O) groups is 1. The number of ether oxygens (including phenoxy) is 2. The van der Waals surface area contributed by atoms with Gasteiger partial charge in [0.15, 0.2) is 17.3 Å².